The van der Waals surface area contributed by atoms with Gasteiger partial charge in [0, 0.05) is 7.11 Å². The molecular formula is C15H24O. The fourth-order valence-electron chi connectivity index (χ4n) is 4.39. The van der Waals surface area contributed by atoms with Crippen molar-refractivity contribution >= 4 is 0 Å². The SMILES string of the molecule is COC1CC(C2CC3C=CC2C3)CCC1C. The van der Waals surface area contributed by atoms with Gasteiger partial charge in [0.1, 0.15) is 0 Å². The molecule has 2 saturated carbocycles. The normalized spacial score (nSPS) is 51.1. The molecule has 3 rings (SSSR count). The highest BCUT2D eigenvalue weighted by atomic mass is 16.5. The van der Waals surface area contributed by atoms with Crippen molar-refractivity contribution in [2.45, 2.75) is 45.1 Å². The lowest BCUT2D eigenvalue weighted by atomic mass is 9.71. The van der Waals surface area contributed by atoms with Crippen molar-refractivity contribution in [3.63, 3.8) is 0 Å². The molecule has 0 radical (unpaired) electrons. The van der Waals surface area contributed by atoms with Crippen LogP contribution in [0.3, 0.4) is 0 Å². The topological polar surface area (TPSA) is 9.23 Å². The fourth-order valence-corrected chi connectivity index (χ4v) is 4.39. The van der Waals surface area contributed by atoms with E-state index in [1.807, 2.05) is 7.11 Å². The van der Waals surface area contributed by atoms with E-state index in [9.17, 15) is 0 Å². The molecule has 0 aromatic carbocycles. The highest BCUT2D eigenvalue weighted by Crippen LogP contribution is 2.50. The first-order valence-corrected chi connectivity index (χ1v) is 6.99. The van der Waals surface area contributed by atoms with Crippen molar-refractivity contribution in [3.8, 4) is 0 Å². The third-order valence-electron chi connectivity index (χ3n) is 5.40. The number of ether oxygens (including phenoxy) is 1. The molecule has 0 spiro atoms. The minimum atomic E-state index is 0.529. The van der Waals surface area contributed by atoms with E-state index in [1.165, 1.54) is 32.1 Å². The fraction of sp³-hybridized carbons (Fsp3) is 0.867. The molecule has 90 valence electrons. The zero-order valence-electron chi connectivity index (χ0n) is 10.6. The van der Waals surface area contributed by atoms with Crippen molar-refractivity contribution in [2.24, 2.45) is 29.6 Å². The predicted octanol–water partition coefficient (Wildman–Crippen LogP) is 3.65. The molecule has 2 fully saturated rings. The lowest BCUT2D eigenvalue weighted by molar-refractivity contribution is -0.00314. The summed E-state index contributed by atoms with van der Waals surface area (Å²) < 4.78 is 5.66. The van der Waals surface area contributed by atoms with Crippen LogP contribution >= 0.6 is 0 Å². The summed E-state index contributed by atoms with van der Waals surface area (Å²) in [4.78, 5) is 0. The van der Waals surface area contributed by atoms with E-state index in [-0.39, 0.29) is 0 Å². The Hall–Kier alpha value is -0.300. The summed E-state index contributed by atoms with van der Waals surface area (Å²) in [7, 11) is 1.89. The summed E-state index contributed by atoms with van der Waals surface area (Å²) in [6.45, 7) is 2.35. The summed E-state index contributed by atoms with van der Waals surface area (Å²) >= 11 is 0. The van der Waals surface area contributed by atoms with Crippen molar-refractivity contribution < 1.29 is 4.74 Å². The minimum absolute atomic E-state index is 0.529. The van der Waals surface area contributed by atoms with Crippen molar-refractivity contribution in [3.05, 3.63) is 12.2 Å². The van der Waals surface area contributed by atoms with Crippen LogP contribution in [-0.2, 0) is 4.74 Å². The van der Waals surface area contributed by atoms with Gasteiger partial charge in [0.2, 0.25) is 0 Å². The monoisotopic (exact) mass is 220 g/mol. The molecule has 0 aliphatic heterocycles. The van der Waals surface area contributed by atoms with Gasteiger partial charge in [0.05, 0.1) is 6.10 Å². The van der Waals surface area contributed by atoms with Crippen LogP contribution in [0.4, 0.5) is 0 Å². The first-order chi connectivity index (χ1) is 7.78. The Morgan fingerprint density at radius 1 is 1.06 bits per heavy atom. The molecule has 0 saturated heterocycles. The number of hydrogen-bond donors (Lipinski definition) is 0. The van der Waals surface area contributed by atoms with Gasteiger partial charge in [-0.2, -0.15) is 0 Å². The standard InChI is InChI=1S/C15H24O/c1-10-3-5-13(9-15(10)16-2)14-8-11-4-6-12(14)7-11/h4,6,10-15H,3,5,7-9H2,1-2H3. The Kier molecular flexibility index (Phi) is 2.83. The number of fused-ring (bicyclic) bond motifs is 2. The first kappa shape index (κ1) is 10.8. The predicted molar refractivity (Wildman–Crippen MR) is 66.1 cm³/mol. The van der Waals surface area contributed by atoms with Crippen LogP contribution in [0.1, 0.15) is 39.0 Å². The molecule has 1 nitrogen and oxygen atoms in total. The van der Waals surface area contributed by atoms with Crippen LogP contribution in [0.5, 0.6) is 0 Å². The van der Waals surface area contributed by atoms with E-state index in [4.69, 9.17) is 4.74 Å². The summed E-state index contributed by atoms with van der Waals surface area (Å²) in [5, 5.41) is 0. The van der Waals surface area contributed by atoms with E-state index in [0.717, 1.165) is 29.6 Å². The van der Waals surface area contributed by atoms with Gasteiger partial charge in [-0.3, -0.25) is 0 Å². The lowest BCUT2D eigenvalue weighted by Gasteiger charge is -2.38. The molecule has 0 amide bonds. The van der Waals surface area contributed by atoms with Crippen LogP contribution in [0, 0.1) is 29.6 Å². The van der Waals surface area contributed by atoms with Crippen LogP contribution in [0.25, 0.3) is 0 Å². The molecule has 3 aliphatic carbocycles. The highest BCUT2D eigenvalue weighted by molar-refractivity contribution is 5.11. The van der Waals surface area contributed by atoms with Crippen molar-refractivity contribution in [2.75, 3.05) is 7.11 Å². The maximum absolute atomic E-state index is 5.66. The largest absolute Gasteiger partial charge is 0.381 e. The first-order valence-electron chi connectivity index (χ1n) is 6.99. The smallest absolute Gasteiger partial charge is 0.0599 e. The van der Waals surface area contributed by atoms with Gasteiger partial charge in [-0.15, -0.1) is 0 Å². The molecular weight excluding hydrogens is 196 g/mol. The molecule has 1 heteroatoms. The van der Waals surface area contributed by atoms with Crippen LogP contribution < -0.4 is 0 Å². The van der Waals surface area contributed by atoms with Gasteiger partial charge < -0.3 is 4.74 Å². The van der Waals surface area contributed by atoms with E-state index in [1.54, 1.807) is 0 Å². The Morgan fingerprint density at radius 2 is 1.94 bits per heavy atom. The van der Waals surface area contributed by atoms with Crippen LogP contribution in [0.2, 0.25) is 0 Å². The number of rotatable bonds is 2. The Morgan fingerprint density at radius 3 is 2.56 bits per heavy atom. The molecule has 6 unspecified atom stereocenters. The zero-order valence-corrected chi connectivity index (χ0v) is 10.6. The molecule has 16 heavy (non-hydrogen) atoms. The van der Waals surface area contributed by atoms with Crippen LogP contribution in [0.15, 0.2) is 12.2 Å². The highest BCUT2D eigenvalue weighted by Gasteiger charge is 2.42. The molecule has 0 aromatic rings. The average molecular weight is 220 g/mol. The Balaban J connectivity index is 1.65. The molecule has 3 aliphatic rings. The number of hydrogen-bond acceptors (Lipinski definition) is 1. The van der Waals surface area contributed by atoms with Gasteiger partial charge in [-0.05, 0) is 61.7 Å². The van der Waals surface area contributed by atoms with E-state index in [2.05, 4.69) is 19.1 Å². The van der Waals surface area contributed by atoms with E-state index < -0.39 is 0 Å². The summed E-state index contributed by atoms with van der Waals surface area (Å²) in [5.41, 5.74) is 0. The van der Waals surface area contributed by atoms with Crippen molar-refractivity contribution in [1.82, 2.24) is 0 Å². The second kappa shape index (κ2) is 4.18. The zero-order chi connectivity index (χ0) is 11.1. The molecule has 2 bridgehead atoms. The maximum atomic E-state index is 5.66. The molecule has 6 atom stereocenters. The van der Waals surface area contributed by atoms with Crippen molar-refractivity contribution in [1.29, 1.82) is 0 Å². The number of methoxy groups -OCH3 is 1. The van der Waals surface area contributed by atoms with Gasteiger partial charge in [-0.25, -0.2) is 0 Å². The van der Waals surface area contributed by atoms with Gasteiger partial charge in [0.25, 0.3) is 0 Å². The second-order valence-corrected chi connectivity index (χ2v) is 6.27. The maximum Gasteiger partial charge on any atom is 0.0599 e. The summed E-state index contributed by atoms with van der Waals surface area (Å²) in [5.74, 6) is 4.55. The summed E-state index contributed by atoms with van der Waals surface area (Å²) in [6, 6.07) is 0. The summed E-state index contributed by atoms with van der Waals surface area (Å²) in [6.07, 6.45) is 12.6. The number of allylic oxidation sites excluding steroid dienone is 2. The average Bonchev–Trinajstić information content (AvgIpc) is 2.91. The Bertz CT molecular complexity index is 283. The van der Waals surface area contributed by atoms with Gasteiger partial charge in [-0.1, -0.05) is 19.1 Å². The second-order valence-electron chi connectivity index (χ2n) is 6.27. The van der Waals surface area contributed by atoms with Gasteiger partial charge >= 0.3 is 0 Å². The third-order valence-corrected chi connectivity index (χ3v) is 5.40. The van der Waals surface area contributed by atoms with Gasteiger partial charge in [0.15, 0.2) is 0 Å². The lowest BCUT2D eigenvalue weighted by Crippen LogP contribution is -2.33. The molecule has 0 heterocycles. The quantitative estimate of drug-likeness (QED) is 0.645. The molecule has 0 N–H and O–H groups in total. The van der Waals surface area contributed by atoms with E-state index in [0.29, 0.717) is 6.10 Å². The molecule has 0 aromatic heterocycles. The van der Waals surface area contributed by atoms with Crippen LogP contribution in [-0.4, -0.2) is 13.2 Å². The Labute approximate surface area is 99.3 Å². The minimum Gasteiger partial charge on any atom is -0.381 e. The third kappa shape index (κ3) is 1.73. The van der Waals surface area contributed by atoms with E-state index >= 15 is 0 Å².